The van der Waals surface area contributed by atoms with Crippen LogP contribution < -0.4 is 10.6 Å². The molecule has 2 aromatic rings. The molecule has 1 heterocycles. The lowest BCUT2D eigenvalue weighted by Gasteiger charge is -2.31. The number of likely N-dealkylation sites (tertiary alicyclic amines) is 1. The number of amides is 2. The highest BCUT2D eigenvalue weighted by atomic mass is 16.2. The molecule has 0 radical (unpaired) electrons. The van der Waals surface area contributed by atoms with Crippen molar-refractivity contribution in [3.8, 4) is 0 Å². The zero-order valence-electron chi connectivity index (χ0n) is 16.5. The van der Waals surface area contributed by atoms with Gasteiger partial charge in [0.25, 0.3) is 0 Å². The number of hydrogen-bond donors (Lipinski definition) is 2. The van der Waals surface area contributed by atoms with E-state index in [2.05, 4.69) is 46.7 Å². The van der Waals surface area contributed by atoms with E-state index in [4.69, 9.17) is 0 Å². The summed E-state index contributed by atoms with van der Waals surface area (Å²) in [4.78, 5) is 26.5. The molecule has 0 spiro atoms. The lowest BCUT2D eigenvalue weighted by Crippen LogP contribution is -2.46. The number of nitrogens with one attached hydrogen (secondary N) is 2. The maximum absolute atomic E-state index is 12.2. The van der Waals surface area contributed by atoms with E-state index < -0.39 is 0 Å². The van der Waals surface area contributed by atoms with Gasteiger partial charge in [-0.1, -0.05) is 48.0 Å². The Bertz CT molecular complexity index is 766. The molecule has 1 aliphatic heterocycles. The third-order valence-electron chi connectivity index (χ3n) is 5.14. The fourth-order valence-corrected chi connectivity index (χ4v) is 3.47. The molecule has 2 N–H and O–H groups in total. The van der Waals surface area contributed by atoms with Gasteiger partial charge in [0.15, 0.2) is 0 Å². The molecule has 0 unspecified atom stereocenters. The van der Waals surface area contributed by atoms with Gasteiger partial charge in [0.05, 0.1) is 6.54 Å². The second-order valence-corrected chi connectivity index (χ2v) is 7.52. The molecule has 0 aliphatic carbocycles. The Balaban J connectivity index is 1.33. The number of carbonyl (C=O) groups excluding carboxylic acids is 2. The molecule has 1 fully saturated rings. The second kappa shape index (κ2) is 10.0. The molecular formula is C23H29N3O2. The Morgan fingerprint density at radius 2 is 1.64 bits per heavy atom. The standard InChI is InChI=1S/C23H29N3O2/c1-18-7-9-19(10-8-18)11-12-22(27)24-21-13-15-26(16-14-21)17-23(28)25-20-5-3-2-4-6-20/h2-10,21H,11-17H2,1H3,(H,24,27)(H,25,28). The van der Waals surface area contributed by atoms with E-state index in [0.717, 1.165) is 38.0 Å². The number of carbonyl (C=O) groups is 2. The molecule has 2 aromatic carbocycles. The van der Waals surface area contributed by atoms with Crippen LogP contribution in [0.5, 0.6) is 0 Å². The molecule has 5 heteroatoms. The second-order valence-electron chi connectivity index (χ2n) is 7.52. The number of aryl methyl sites for hydroxylation is 2. The van der Waals surface area contributed by atoms with Crippen LogP contribution in [0.2, 0.25) is 0 Å². The summed E-state index contributed by atoms with van der Waals surface area (Å²) >= 11 is 0. The third kappa shape index (κ3) is 6.50. The van der Waals surface area contributed by atoms with Crippen LogP contribution in [-0.4, -0.2) is 42.4 Å². The summed E-state index contributed by atoms with van der Waals surface area (Å²) in [5.41, 5.74) is 3.25. The number of piperidine rings is 1. The molecule has 1 saturated heterocycles. The van der Waals surface area contributed by atoms with Gasteiger partial charge in [0.2, 0.25) is 11.8 Å². The number of para-hydroxylation sites is 1. The van der Waals surface area contributed by atoms with Crippen molar-refractivity contribution in [1.29, 1.82) is 0 Å². The van der Waals surface area contributed by atoms with E-state index >= 15 is 0 Å². The highest BCUT2D eigenvalue weighted by Gasteiger charge is 2.22. The minimum absolute atomic E-state index is 0.00628. The van der Waals surface area contributed by atoms with Gasteiger partial charge < -0.3 is 10.6 Å². The van der Waals surface area contributed by atoms with Crippen molar-refractivity contribution in [2.75, 3.05) is 25.0 Å². The van der Waals surface area contributed by atoms with Crippen LogP contribution in [-0.2, 0) is 16.0 Å². The molecule has 0 bridgehead atoms. The predicted molar refractivity (Wildman–Crippen MR) is 112 cm³/mol. The number of benzene rings is 2. The Hall–Kier alpha value is -2.66. The van der Waals surface area contributed by atoms with E-state index in [1.165, 1.54) is 11.1 Å². The molecule has 0 atom stereocenters. The van der Waals surface area contributed by atoms with Gasteiger partial charge in [-0.2, -0.15) is 0 Å². The zero-order valence-corrected chi connectivity index (χ0v) is 16.5. The highest BCUT2D eigenvalue weighted by molar-refractivity contribution is 5.92. The smallest absolute Gasteiger partial charge is 0.238 e. The van der Waals surface area contributed by atoms with Gasteiger partial charge in [-0.3, -0.25) is 14.5 Å². The summed E-state index contributed by atoms with van der Waals surface area (Å²) in [7, 11) is 0. The van der Waals surface area contributed by atoms with Crippen LogP contribution in [0.1, 0.15) is 30.4 Å². The lowest BCUT2D eigenvalue weighted by molar-refractivity contribution is -0.122. The van der Waals surface area contributed by atoms with Crippen molar-refractivity contribution in [3.05, 3.63) is 65.7 Å². The molecule has 3 rings (SSSR count). The van der Waals surface area contributed by atoms with Crippen molar-refractivity contribution in [3.63, 3.8) is 0 Å². The first-order chi connectivity index (χ1) is 13.6. The molecule has 148 valence electrons. The van der Waals surface area contributed by atoms with Crippen LogP contribution in [0.15, 0.2) is 54.6 Å². The van der Waals surface area contributed by atoms with Crippen LogP contribution in [0.4, 0.5) is 5.69 Å². The summed E-state index contributed by atoms with van der Waals surface area (Å²) in [5.74, 6) is 0.118. The Morgan fingerprint density at radius 1 is 0.964 bits per heavy atom. The van der Waals surface area contributed by atoms with Gasteiger partial charge >= 0.3 is 0 Å². The summed E-state index contributed by atoms with van der Waals surface area (Å²) in [6.07, 6.45) is 3.05. The van der Waals surface area contributed by atoms with Crippen molar-refractivity contribution in [2.45, 2.75) is 38.6 Å². The first-order valence-electron chi connectivity index (χ1n) is 10.0. The highest BCUT2D eigenvalue weighted by Crippen LogP contribution is 2.12. The summed E-state index contributed by atoms with van der Waals surface area (Å²) in [6, 6.07) is 18.0. The summed E-state index contributed by atoms with van der Waals surface area (Å²) in [5, 5.41) is 6.07. The van der Waals surface area contributed by atoms with E-state index in [0.29, 0.717) is 13.0 Å². The van der Waals surface area contributed by atoms with Crippen LogP contribution in [0.25, 0.3) is 0 Å². The Labute approximate surface area is 167 Å². The Morgan fingerprint density at radius 3 is 2.32 bits per heavy atom. The number of anilines is 1. The third-order valence-corrected chi connectivity index (χ3v) is 5.14. The topological polar surface area (TPSA) is 61.4 Å². The summed E-state index contributed by atoms with van der Waals surface area (Å²) < 4.78 is 0. The van der Waals surface area contributed by atoms with Crippen molar-refractivity contribution >= 4 is 17.5 Å². The van der Waals surface area contributed by atoms with Crippen LogP contribution >= 0.6 is 0 Å². The first kappa shape index (κ1) is 20.1. The SMILES string of the molecule is Cc1ccc(CCC(=O)NC2CCN(CC(=O)Nc3ccccc3)CC2)cc1. The minimum Gasteiger partial charge on any atom is -0.353 e. The van der Waals surface area contributed by atoms with Gasteiger partial charge in [0, 0.05) is 31.2 Å². The predicted octanol–water partition coefficient (Wildman–Crippen LogP) is 3.15. The Kier molecular flexibility index (Phi) is 7.20. The average Bonchev–Trinajstić information content (AvgIpc) is 2.70. The summed E-state index contributed by atoms with van der Waals surface area (Å²) in [6.45, 7) is 4.10. The lowest BCUT2D eigenvalue weighted by atomic mass is 10.0. The van der Waals surface area contributed by atoms with Crippen molar-refractivity contribution in [1.82, 2.24) is 10.2 Å². The monoisotopic (exact) mass is 379 g/mol. The fourth-order valence-electron chi connectivity index (χ4n) is 3.47. The molecule has 1 aliphatic rings. The maximum atomic E-state index is 12.2. The number of nitrogens with zero attached hydrogens (tertiary/aromatic N) is 1. The minimum atomic E-state index is 0.00628. The molecule has 28 heavy (non-hydrogen) atoms. The number of rotatable bonds is 7. The van der Waals surface area contributed by atoms with Gasteiger partial charge in [-0.15, -0.1) is 0 Å². The molecule has 0 aromatic heterocycles. The van der Waals surface area contributed by atoms with E-state index in [-0.39, 0.29) is 17.9 Å². The van der Waals surface area contributed by atoms with Gasteiger partial charge in [-0.25, -0.2) is 0 Å². The number of hydrogen-bond acceptors (Lipinski definition) is 3. The van der Waals surface area contributed by atoms with Gasteiger partial charge in [-0.05, 0) is 43.9 Å². The van der Waals surface area contributed by atoms with Gasteiger partial charge in [0.1, 0.15) is 0 Å². The first-order valence-corrected chi connectivity index (χ1v) is 10.0. The maximum Gasteiger partial charge on any atom is 0.238 e. The van der Waals surface area contributed by atoms with E-state index in [1.807, 2.05) is 30.3 Å². The molecule has 5 nitrogen and oxygen atoms in total. The quantitative estimate of drug-likeness (QED) is 0.777. The normalized spacial score (nSPS) is 15.2. The van der Waals surface area contributed by atoms with E-state index in [1.54, 1.807) is 0 Å². The molecule has 0 saturated carbocycles. The van der Waals surface area contributed by atoms with Crippen LogP contribution in [0, 0.1) is 6.92 Å². The van der Waals surface area contributed by atoms with Crippen molar-refractivity contribution in [2.24, 2.45) is 0 Å². The van der Waals surface area contributed by atoms with Crippen molar-refractivity contribution < 1.29 is 9.59 Å². The molecule has 2 amide bonds. The zero-order chi connectivity index (χ0) is 19.8. The van der Waals surface area contributed by atoms with Crippen LogP contribution in [0.3, 0.4) is 0 Å². The largest absolute Gasteiger partial charge is 0.353 e. The average molecular weight is 380 g/mol. The fraction of sp³-hybridized carbons (Fsp3) is 0.391. The molecular weight excluding hydrogens is 350 g/mol. The van der Waals surface area contributed by atoms with E-state index in [9.17, 15) is 9.59 Å².